The third-order valence-corrected chi connectivity index (χ3v) is 3.86. The summed E-state index contributed by atoms with van der Waals surface area (Å²) in [5.74, 6) is -0.178. The van der Waals surface area contributed by atoms with E-state index >= 15 is 0 Å². The average molecular weight is 372 g/mol. The number of benzene rings is 2. The van der Waals surface area contributed by atoms with E-state index in [0.717, 1.165) is 10.6 Å². The fourth-order valence-electron chi connectivity index (χ4n) is 2.38. The number of hydrogen-bond donors (Lipinski definition) is 0. The van der Waals surface area contributed by atoms with E-state index in [-0.39, 0.29) is 17.5 Å². The normalized spacial score (nSPS) is 15.3. The standard InChI is InChI=1S/C18H14ClN3O4/c1-2-26-17-16(11-12-3-5-13(19)6-4-12)18(23)21(20-17)14-7-9-15(10-8-14)22(24)25/h3-11H,2H2,1H3/b16-11-. The molecule has 0 saturated heterocycles. The number of nitrogens with zero attached hydrogens (tertiary/aromatic N) is 3. The number of nitro benzene ring substituents is 1. The number of halogens is 1. The van der Waals surface area contributed by atoms with E-state index in [1.165, 1.54) is 24.3 Å². The fourth-order valence-corrected chi connectivity index (χ4v) is 2.50. The second-order valence-corrected chi connectivity index (χ2v) is 5.77. The molecule has 0 atom stereocenters. The lowest BCUT2D eigenvalue weighted by atomic mass is 10.1. The van der Waals surface area contributed by atoms with Gasteiger partial charge in [0.15, 0.2) is 0 Å². The van der Waals surface area contributed by atoms with Crippen molar-refractivity contribution in [1.82, 2.24) is 0 Å². The number of hydrogen-bond acceptors (Lipinski definition) is 5. The van der Waals surface area contributed by atoms with Crippen molar-refractivity contribution in [2.75, 3.05) is 11.6 Å². The SMILES string of the molecule is CCOC1=NN(c2ccc([N+](=O)[O-])cc2)C(=O)/C1=C\c1ccc(Cl)cc1. The molecule has 0 unspecified atom stereocenters. The first kappa shape index (κ1) is 17.6. The van der Waals surface area contributed by atoms with Gasteiger partial charge in [0, 0.05) is 17.2 Å². The minimum absolute atomic E-state index is 0.0636. The van der Waals surface area contributed by atoms with Gasteiger partial charge in [-0.1, -0.05) is 23.7 Å². The van der Waals surface area contributed by atoms with Crippen LogP contribution in [-0.4, -0.2) is 23.3 Å². The molecule has 1 heterocycles. The number of carbonyl (C=O) groups is 1. The molecule has 1 aliphatic rings. The number of non-ortho nitro benzene ring substituents is 1. The van der Waals surface area contributed by atoms with E-state index in [1.807, 2.05) is 0 Å². The van der Waals surface area contributed by atoms with Crippen LogP contribution in [0.2, 0.25) is 5.02 Å². The zero-order chi connectivity index (χ0) is 18.7. The van der Waals surface area contributed by atoms with Gasteiger partial charge in [0.25, 0.3) is 11.6 Å². The van der Waals surface area contributed by atoms with Crippen molar-refractivity contribution in [3.63, 3.8) is 0 Å². The van der Waals surface area contributed by atoms with Crippen LogP contribution >= 0.6 is 11.6 Å². The summed E-state index contributed by atoms with van der Waals surface area (Å²) in [6.45, 7) is 2.14. The second kappa shape index (κ2) is 7.37. The van der Waals surface area contributed by atoms with E-state index in [2.05, 4.69) is 5.10 Å². The molecule has 2 aromatic rings. The van der Waals surface area contributed by atoms with E-state index in [0.29, 0.717) is 22.9 Å². The first-order valence-electron chi connectivity index (χ1n) is 7.77. The second-order valence-electron chi connectivity index (χ2n) is 5.34. The molecule has 3 rings (SSSR count). The molecular formula is C18H14ClN3O4. The first-order valence-corrected chi connectivity index (χ1v) is 8.15. The Bertz CT molecular complexity index is 905. The van der Waals surface area contributed by atoms with Gasteiger partial charge < -0.3 is 4.74 Å². The molecule has 8 heteroatoms. The van der Waals surface area contributed by atoms with Crippen molar-refractivity contribution in [2.45, 2.75) is 6.92 Å². The highest BCUT2D eigenvalue weighted by Crippen LogP contribution is 2.27. The van der Waals surface area contributed by atoms with Gasteiger partial charge >= 0.3 is 0 Å². The van der Waals surface area contributed by atoms with Gasteiger partial charge in [-0.2, -0.15) is 5.01 Å². The van der Waals surface area contributed by atoms with E-state index in [1.54, 1.807) is 37.3 Å². The summed E-state index contributed by atoms with van der Waals surface area (Å²) in [7, 11) is 0. The predicted octanol–water partition coefficient (Wildman–Crippen LogP) is 4.03. The van der Waals surface area contributed by atoms with Crippen molar-refractivity contribution >= 4 is 40.9 Å². The number of ether oxygens (including phenoxy) is 1. The Morgan fingerprint density at radius 3 is 2.42 bits per heavy atom. The molecular weight excluding hydrogens is 358 g/mol. The quantitative estimate of drug-likeness (QED) is 0.461. The molecule has 0 aliphatic carbocycles. The molecule has 0 fully saturated rings. The summed E-state index contributed by atoms with van der Waals surface area (Å²) in [6, 6.07) is 12.6. The number of rotatable bonds is 4. The van der Waals surface area contributed by atoms with Crippen molar-refractivity contribution in [3.05, 3.63) is 74.8 Å². The molecule has 0 saturated carbocycles. The summed E-state index contributed by atoms with van der Waals surface area (Å²) < 4.78 is 5.48. The molecule has 132 valence electrons. The maximum absolute atomic E-state index is 12.8. The zero-order valence-electron chi connectivity index (χ0n) is 13.8. The molecule has 2 aromatic carbocycles. The highest BCUT2D eigenvalue weighted by molar-refractivity contribution is 6.31. The Balaban J connectivity index is 1.95. The van der Waals surface area contributed by atoms with Crippen LogP contribution < -0.4 is 5.01 Å². The molecule has 7 nitrogen and oxygen atoms in total. The summed E-state index contributed by atoms with van der Waals surface area (Å²) in [4.78, 5) is 23.1. The average Bonchev–Trinajstić information content (AvgIpc) is 2.93. The van der Waals surface area contributed by atoms with Crippen molar-refractivity contribution < 1.29 is 14.5 Å². The number of nitro groups is 1. The Labute approximate surface area is 154 Å². The van der Waals surface area contributed by atoms with Gasteiger partial charge in [0.2, 0.25) is 5.90 Å². The summed E-state index contributed by atoms with van der Waals surface area (Å²) in [5, 5.41) is 16.7. The van der Waals surface area contributed by atoms with E-state index < -0.39 is 4.92 Å². The topological polar surface area (TPSA) is 85.0 Å². The summed E-state index contributed by atoms with van der Waals surface area (Å²) in [5.41, 5.74) is 1.42. The van der Waals surface area contributed by atoms with Crippen molar-refractivity contribution in [3.8, 4) is 0 Å². The van der Waals surface area contributed by atoms with Crippen molar-refractivity contribution in [1.29, 1.82) is 0 Å². The molecule has 1 amide bonds. The van der Waals surface area contributed by atoms with Gasteiger partial charge in [-0.3, -0.25) is 14.9 Å². The predicted molar refractivity (Wildman–Crippen MR) is 99.1 cm³/mol. The van der Waals surface area contributed by atoms with Crippen LogP contribution in [0.3, 0.4) is 0 Å². The number of anilines is 1. The molecule has 26 heavy (non-hydrogen) atoms. The minimum atomic E-state index is -0.504. The number of carbonyl (C=O) groups excluding carboxylic acids is 1. The van der Waals surface area contributed by atoms with Crippen LogP contribution in [0.25, 0.3) is 6.08 Å². The minimum Gasteiger partial charge on any atom is -0.476 e. The van der Waals surface area contributed by atoms with Gasteiger partial charge in [-0.05, 0) is 42.8 Å². The molecule has 0 bridgehead atoms. The number of hydrazone groups is 1. The van der Waals surface area contributed by atoms with E-state index in [4.69, 9.17) is 16.3 Å². The van der Waals surface area contributed by atoms with Crippen LogP contribution in [0.4, 0.5) is 11.4 Å². The third kappa shape index (κ3) is 3.57. The van der Waals surface area contributed by atoms with Crippen LogP contribution in [-0.2, 0) is 9.53 Å². The van der Waals surface area contributed by atoms with Crippen LogP contribution in [0.5, 0.6) is 0 Å². The zero-order valence-corrected chi connectivity index (χ0v) is 14.5. The third-order valence-electron chi connectivity index (χ3n) is 3.61. The summed E-state index contributed by atoms with van der Waals surface area (Å²) in [6.07, 6.45) is 1.67. The van der Waals surface area contributed by atoms with Gasteiger partial charge in [-0.25, -0.2) is 0 Å². The smallest absolute Gasteiger partial charge is 0.284 e. The van der Waals surface area contributed by atoms with E-state index in [9.17, 15) is 14.9 Å². The lowest BCUT2D eigenvalue weighted by molar-refractivity contribution is -0.384. The Morgan fingerprint density at radius 2 is 1.85 bits per heavy atom. The molecule has 0 spiro atoms. The first-order chi connectivity index (χ1) is 12.5. The Morgan fingerprint density at radius 1 is 1.19 bits per heavy atom. The molecule has 1 aliphatic heterocycles. The van der Waals surface area contributed by atoms with Crippen molar-refractivity contribution in [2.24, 2.45) is 5.10 Å². The molecule has 0 N–H and O–H groups in total. The van der Waals surface area contributed by atoms with Gasteiger partial charge in [0.1, 0.15) is 5.57 Å². The van der Waals surface area contributed by atoms with Gasteiger partial charge in [-0.15, -0.1) is 5.10 Å². The fraction of sp³-hybridized carbons (Fsp3) is 0.111. The maximum Gasteiger partial charge on any atom is 0.284 e. The molecule has 0 radical (unpaired) electrons. The lowest BCUT2D eigenvalue weighted by Crippen LogP contribution is -2.21. The lowest BCUT2D eigenvalue weighted by Gasteiger charge is -2.10. The van der Waals surface area contributed by atoms with Crippen LogP contribution in [0.1, 0.15) is 12.5 Å². The molecule has 0 aromatic heterocycles. The van der Waals surface area contributed by atoms with Crippen LogP contribution in [0, 0.1) is 10.1 Å². The Kier molecular flexibility index (Phi) is 4.99. The van der Waals surface area contributed by atoms with Crippen LogP contribution in [0.15, 0.2) is 59.2 Å². The van der Waals surface area contributed by atoms with Gasteiger partial charge in [0.05, 0.1) is 17.2 Å². The largest absolute Gasteiger partial charge is 0.476 e. The maximum atomic E-state index is 12.8. The number of amides is 1. The monoisotopic (exact) mass is 371 g/mol. The highest BCUT2D eigenvalue weighted by Gasteiger charge is 2.32. The highest BCUT2D eigenvalue weighted by atomic mass is 35.5. The summed E-state index contributed by atoms with van der Waals surface area (Å²) >= 11 is 5.88. The Hall–Kier alpha value is -3.19.